The number of benzene rings is 2. The summed E-state index contributed by atoms with van der Waals surface area (Å²) in [4.78, 5) is 0. The van der Waals surface area contributed by atoms with Gasteiger partial charge in [-0.25, -0.2) is 0 Å². The van der Waals surface area contributed by atoms with Gasteiger partial charge in [-0.05, 0) is 25.6 Å². The van der Waals surface area contributed by atoms with E-state index in [4.69, 9.17) is 4.74 Å². The molecule has 2 heteroatoms. The van der Waals surface area contributed by atoms with Gasteiger partial charge in [-0.3, -0.25) is 0 Å². The Kier molecular flexibility index (Phi) is 4.49. The number of unbranched alkanes of at least 4 members (excludes halogenated alkanes) is 3. The van der Waals surface area contributed by atoms with E-state index in [2.05, 4.69) is 55.7 Å². The summed E-state index contributed by atoms with van der Waals surface area (Å²) in [5.41, 5.74) is 2.37. The third-order valence-corrected chi connectivity index (χ3v) is 4.75. The minimum atomic E-state index is -0.140. The fourth-order valence-corrected chi connectivity index (χ4v) is 3.56. The zero-order chi connectivity index (χ0) is 15.4. The lowest BCUT2D eigenvalue weighted by Crippen LogP contribution is -2.43. The number of fused-ring (bicyclic) bond motifs is 2. The van der Waals surface area contributed by atoms with Gasteiger partial charge in [-0.1, -0.05) is 69.0 Å². The van der Waals surface area contributed by atoms with Gasteiger partial charge in [0.1, 0.15) is 11.5 Å². The molecular weight excluding hydrogens is 270 g/mol. The zero-order valence-electron chi connectivity index (χ0n) is 13.6. The molecule has 2 aromatic carbocycles. The molecular formula is C20H25NO. The molecule has 0 atom stereocenters. The van der Waals surface area contributed by atoms with Crippen molar-refractivity contribution in [1.29, 1.82) is 0 Å². The van der Waals surface area contributed by atoms with Crippen LogP contribution in [0.2, 0.25) is 0 Å². The van der Waals surface area contributed by atoms with Crippen LogP contribution in [0.4, 0.5) is 0 Å². The number of nitrogens with one attached hydrogen (secondary N) is 1. The molecule has 0 fully saturated rings. The molecule has 116 valence electrons. The van der Waals surface area contributed by atoms with E-state index in [-0.39, 0.29) is 5.54 Å². The van der Waals surface area contributed by atoms with Crippen molar-refractivity contribution in [2.45, 2.75) is 44.6 Å². The topological polar surface area (TPSA) is 21.3 Å². The van der Waals surface area contributed by atoms with Crippen LogP contribution in [0.1, 0.15) is 50.2 Å². The summed E-state index contributed by atoms with van der Waals surface area (Å²) in [6.07, 6.45) is 6.17. The summed E-state index contributed by atoms with van der Waals surface area (Å²) < 4.78 is 6.12. The van der Waals surface area contributed by atoms with Crippen LogP contribution in [-0.4, -0.2) is 7.05 Å². The van der Waals surface area contributed by atoms with E-state index >= 15 is 0 Å². The largest absolute Gasteiger partial charge is 0.457 e. The molecule has 1 heterocycles. The number of rotatable bonds is 6. The van der Waals surface area contributed by atoms with Gasteiger partial charge in [0.15, 0.2) is 0 Å². The van der Waals surface area contributed by atoms with Crippen molar-refractivity contribution in [1.82, 2.24) is 5.32 Å². The maximum Gasteiger partial charge on any atom is 0.132 e. The highest BCUT2D eigenvalue weighted by Crippen LogP contribution is 2.48. The second-order valence-corrected chi connectivity index (χ2v) is 6.06. The van der Waals surface area contributed by atoms with Gasteiger partial charge < -0.3 is 10.1 Å². The fraction of sp³-hybridized carbons (Fsp3) is 0.400. The molecule has 0 radical (unpaired) electrons. The van der Waals surface area contributed by atoms with Gasteiger partial charge in [-0.15, -0.1) is 0 Å². The van der Waals surface area contributed by atoms with E-state index < -0.39 is 0 Å². The van der Waals surface area contributed by atoms with Crippen molar-refractivity contribution in [2.24, 2.45) is 0 Å². The smallest absolute Gasteiger partial charge is 0.132 e. The van der Waals surface area contributed by atoms with Crippen LogP contribution in [0.3, 0.4) is 0 Å². The van der Waals surface area contributed by atoms with Crippen LogP contribution >= 0.6 is 0 Å². The molecule has 2 nitrogen and oxygen atoms in total. The normalized spacial score (nSPS) is 14.8. The van der Waals surface area contributed by atoms with Gasteiger partial charge >= 0.3 is 0 Å². The third-order valence-electron chi connectivity index (χ3n) is 4.75. The summed E-state index contributed by atoms with van der Waals surface area (Å²) in [5.74, 6) is 1.96. The van der Waals surface area contributed by atoms with Crippen molar-refractivity contribution >= 4 is 0 Å². The summed E-state index contributed by atoms with van der Waals surface area (Å²) in [5, 5.41) is 3.63. The molecule has 0 aliphatic carbocycles. The number of hydrogen-bond donors (Lipinski definition) is 1. The fourth-order valence-electron chi connectivity index (χ4n) is 3.56. The summed E-state index contributed by atoms with van der Waals surface area (Å²) in [6.45, 7) is 2.26. The highest BCUT2D eigenvalue weighted by molar-refractivity contribution is 5.56. The second-order valence-electron chi connectivity index (χ2n) is 6.06. The minimum absolute atomic E-state index is 0.140. The first kappa shape index (κ1) is 15.1. The molecule has 0 unspecified atom stereocenters. The molecule has 1 N–H and O–H groups in total. The molecule has 0 bridgehead atoms. The monoisotopic (exact) mass is 295 g/mol. The zero-order valence-corrected chi connectivity index (χ0v) is 13.6. The van der Waals surface area contributed by atoms with Gasteiger partial charge in [0, 0.05) is 11.1 Å². The Morgan fingerprint density at radius 2 is 1.45 bits per heavy atom. The first-order chi connectivity index (χ1) is 10.8. The summed E-state index contributed by atoms with van der Waals surface area (Å²) in [7, 11) is 2.07. The molecule has 1 aliphatic rings. The SMILES string of the molecule is CCCCCCC1(NC)c2ccccc2Oc2ccccc21. The number of para-hydroxylation sites is 2. The van der Waals surface area contributed by atoms with Crippen LogP contribution in [-0.2, 0) is 5.54 Å². The van der Waals surface area contributed by atoms with Crippen LogP contribution in [0.25, 0.3) is 0 Å². The standard InChI is InChI=1S/C20H25NO/c1-3-4-5-10-15-20(21-2)16-11-6-8-13-18(16)22-19-14-9-7-12-17(19)20/h6-9,11-14,21H,3-5,10,15H2,1-2H3. The van der Waals surface area contributed by atoms with Crippen molar-refractivity contribution in [3.8, 4) is 11.5 Å². The molecule has 0 spiro atoms. The van der Waals surface area contributed by atoms with Gasteiger partial charge in [0.2, 0.25) is 0 Å². The molecule has 1 aliphatic heterocycles. The van der Waals surface area contributed by atoms with Crippen LogP contribution < -0.4 is 10.1 Å². The van der Waals surface area contributed by atoms with Crippen LogP contribution in [0.15, 0.2) is 48.5 Å². The molecule has 2 aromatic rings. The highest BCUT2D eigenvalue weighted by atomic mass is 16.5. The van der Waals surface area contributed by atoms with Crippen molar-refractivity contribution < 1.29 is 4.74 Å². The molecule has 22 heavy (non-hydrogen) atoms. The predicted molar refractivity (Wildman–Crippen MR) is 91.6 cm³/mol. The van der Waals surface area contributed by atoms with E-state index in [9.17, 15) is 0 Å². The Labute approximate surface area is 133 Å². The van der Waals surface area contributed by atoms with Gasteiger partial charge in [-0.2, -0.15) is 0 Å². The highest BCUT2D eigenvalue weighted by Gasteiger charge is 2.40. The lowest BCUT2D eigenvalue weighted by atomic mass is 9.76. The van der Waals surface area contributed by atoms with Crippen molar-refractivity contribution in [3.05, 3.63) is 59.7 Å². The van der Waals surface area contributed by atoms with E-state index in [1.807, 2.05) is 12.1 Å². The first-order valence-corrected chi connectivity index (χ1v) is 8.37. The Balaban J connectivity index is 2.03. The average Bonchev–Trinajstić information content (AvgIpc) is 2.58. The Bertz CT molecular complexity index is 590. The molecule has 3 rings (SSSR count). The van der Waals surface area contributed by atoms with E-state index in [1.54, 1.807) is 0 Å². The Morgan fingerprint density at radius 3 is 2.00 bits per heavy atom. The lowest BCUT2D eigenvalue weighted by molar-refractivity contribution is 0.328. The molecule has 0 amide bonds. The average molecular weight is 295 g/mol. The van der Waals surface area contributed by atoms with E-state index in [0.29, 0.717) is 0 Å². The molecule has 0 saturated carbocycles. The third kappa shape index (κ3) is 2.52. The predicted octanol–water partition coefficient (Wildman–Crippen LogP) is 5.23. The minimum Gasteiger partial charge on any atom is -0.457 e. The molecule has 0 aromatic heterocycles. The maximum absolute atomic E-state index is 6.12. The Hall–Kier alpha value is -1.80. The van der Waals surface area contributed by atoms with Crippen LogP contribution in [0, 0.1) is 0 Å². The van der Waals surface area contributed by atoms with Crippen molar-refractivity contribution in [3.63, 3.8) is 0 Å². The maximum atomic E-state index is 6.12. The number of hydrogen-bond acceptors (Lipinski definition) is 2. The van der Waals surface area contributed by atoms with Gasteiger partial charge in [0.25, 0.3) is 0 Å². The van der Waals surface area contributed by atoms with E-state index in [1.165, 1.54) is 36.8 Å². The summed E-state index contributed by atoms with van der Waals surface area (Å²) >= 11 is 0. The first-order valence-electron chi connectivity index (χ1n) is 8.37. The Morgan fingerprint density at radius 1 is 0.864 bits per heavy atom. The lowest BCUT2D eigenvalue weighted by Gasteiger charge is -2.40. The molecule has 0 saturated heterocycles. The van der Waals surface area contributed by atoms with Crippen molar-refractivity contribution in [2.75, 3.05) is 7.05 Å². The number of ether oxygens (including phenoxy) is 1. The second kappa shape index (κ2) is 6.53. The quantitative estimate of drug-likeness (QED) is 0.737. The van der Waals surface area contributed by atoms with Crippen LogP contribution in [0.5, 0.6) is 11.5 Å². The van der Waals surface area contributed by atoms with Gasteiger partial charge in [0.05, 0.1) is 5.54 Å². The van der Waals surface area contributed by atoms with E-state index in [0.717, 1.165) is 17.9 Å². The summed E-state index contributed by atoms with van der Waals surface area (Å²) in [6, 6.07) is 16.8.